The summed E-state index contributed by atoms with van der Waals surface area (Å²) in [5.74, 6) is 1.68. The maximum absolute atomic E-state index is 11.0. The van der Waals surface area contributed by atoms with Crippen LogP contribution in [0.2, 0.25) is 5.02 Å². The molecule has 1 saturated carbocycles. The Morgan fingerprint density at radius 3 is 1.61 bits per heavy atom. The second kappa shape index (κ2) is 13.2. The minimum absolute atomic E-state index is 0.0687. The summed E-state index contributed by atoms with van der Waals surface area (Å²) in [5, 5.41) is 0.794. The van der Waals surface area contributed by atoms with Crippen molar-refractivity contribution in [2.45, 2.75) is 46.5 Å². The van der Waals surface area contributed by atoms with Gasteiger partial charge in [0.1, 0.15) is 0 Å². The minimum atomic E-state index is -0.0687. The van der Waals surface area contributed by atoms with E-state index < -0.39 is 0 Å². The van der Waals surface area contributed by atoms with Crippen molar-refractivity contribution < 1.29 is 9.59 Å². The molecular formula is C24H32ClNO2. The highest BCUT2D eigenvalue weighted by Crippen LogP contribution is 2.27. The van der Waals surface area contributed by atoms with E-state index in [9.17, 15) is 9.59 Å². The maximum Gasteiger partial charge on any atom is 0.160 e. The van der Waals surface area contributed by atoms with Gasteiger partial charge < -0.3 is 5.73 Å². The van der Waals surface area contributed by atoms with Gasteiger partial charge in [-0.1, -0.05) is 73.8 Å². The Hall–Kier alpha value is -1.97. The number of ketones is 2. The average molecular weight is 402 g/mol. The monoisotopic (exact) mass is 401 g/mol. The molecule has 2 N–H and O–H groups in total. The van der Waals surface area contributed by atoms with Crippen LogP contribution in [-0.4, -0.2) is 18.1 Å². The molecule has 0 radical (unpaired) electrons. The molecule has 2 aromatic rings. The van der Waals surface area contributed by atoms with Crippen molar-refractivity contribution in [1.29, 1.82) is 0 Å². The van der Waals surface area contributed by atoms with Crippen molar-refractivity contribution in [1.82, 2.24) is 0 Å². The van der Waals surface area contributed by atoms with Gasteiger partial charge >= 0.3 is 0 Å². The highest BCUT2D eigenvalue weighted by molar-refractivity contribution is 6.30. The second-order valence-corrected chi connectivity index (χ2v) is 7.75. The lowest BCUT2D eigenvalue weighted by molar-refractivity contribution is 0.0981. The van der Waals surface area contributed by atoms with Crippen LogP contribution in [0.5, 0.6) is 0 Å². The fraction of sp³-hybridized carbons (Fsp3) is 0.417. The topological polar surface area (TPSA) is 60.2 Å². The SMILES string of the molecule is CC(=O)c1ccccc1C(C)=O.CC1CCC(CN)CC1.Clc1ccccc1. The Morgan fingerprint density at radius 2 is 1.29 bits per heavy atom. The van der Waals surface area contributed by atoms with Crippen LogP contribution in [-0.2, 0) is 0 Å². The summed E-state index contributed by atoms with van der Waals surface area (Å²) < 4.78 is 0. The first-order valence-electron chi connectivity index (χ1n) is 9.86. The summed E-state index contributed by atoms with van der Waals surface area (Å²) in [6, 6.07) is 16.3. The van der Waals surface area contributed by atoms with Gasteiger partial charge in [-0.15, -0.1) is 0 Å². The predicted molar refractivity (Wildman–Crippen MR) is 118 cm³/mol. The number of hydrogen-bond acceptors (Lipinski definition) is 3. The minimum Gasteiger partial charge on any atom is -0.330 e. The van der Waals surface area contributed by atoms with Gasteiger partial charge in [0.25, 0.3) is 0 Å². The number of carbonyl (C=O) groups excluding carboxylic acids is 2. The van der Waals surface area contributed by atoms with Crippen molar-refractivity contribution in [2.75, 3.05) is 6.54 Å². The molecule has 0 unspecified atom stereocenters. The van der Waals surface area contributed by atoms with E-state index in [1.54, 1.807) is 24.3 Å². The van der Waals surface area contributed by atoms with Crippen LogP contribution >= 0.6 is 11.6 Å². The highest BCUT2D eigenvalue weighted by atomic mass is 35.5. The van der Waals surface area contributed by atoms with Crippen LogP contribution < -0.4 is 5.73 Å². The van der Waals surface area contributed by atoms with E-state index in [0.717, 1.165) is 23.4 Å². The summed E-state index contributed by atoms with van der Waals surface area (Å²) >= 11 is 5.54. The Balaban J connectivity index is 0.000000218. The number of nitrogens with two attached hydrogens (primary N) is 1. The van der Waals surface area contributed by atoms with E-state index in [2.05, 4.69) is 6.92 Å². The molecule has 0 spiro atoms. The van der Waals surface area contributed by atoms with Crippen molar-refractivity contribution in [2.24, 2.45) is 17.6 Å². The number of halogens is 1. The van der Waals surface area contributed by atoms with Gasteiger partial charge in [0, 0.05) is 16.1 Å². The van der Waals surface area contributed by atoms with Crippen molar-refractivity contribution in [3.63, 3.8) is 0 Å². The molecule has 0 atom stereocenters. The van der Waals surface area contributed by atoms with Crippen molar-refractivity contribution >= 4 is 23.2 Å². The first-order valence-corrected chi connectivity index (χ1v) is 10.2. The predicted octanol–water partition coefficient (Wildman–Crippen LogP) is 6.20. The second-order valence-electron chi connectivity index (χ2n) is 7.32. The standard InChI is InChI=1S/C10H10O2.C8H17N.C6H5Cl/c1-7(11)9-5-3-4-6-10(9)8(2)12;1-7-2-4-8(6-9)5-3-7;7-6-4-2-1-3-5-6/h3-6H,1-2H3;7-8H,2-6,9H2,1H3;1-5H. The quantitative estimate of drug-likeness (QED) is 0.622. The molecule has 0 amide bonds. The van der Waals surface area contributed by atoms with Crippen LogP contribution in [0.4, 0.5) is 0 Å². The molecule has 0 saturated heterocycles. The Morgan fingerprint density at radius 1 is 0.857 bits per heavy atom. The Bertz CT molecular complexity index is 689. The number of benzene rings is 2. The van der Waals surface area contributed by atoms with E-state index in [4.69, 9.17) is 17.3 Å². The largest absolute Gasteiger partial charge is 0.330 e. The molecule has 3 nitrogen and oxygen atoms in total. The van der Waals surface area contributed by atoms with Crippen LogP contribution in [0.25, 0.3) is 0 Å². The zero-order valence-corrected chi connectivity index (χ0v) is 17.9. The lowest BCUT2D eigenvalue weighted by Gasteiger charge is -2.24. The number of hydrogen-bond donors (Lipinski definition) is 1. The van der Waals surface area contributed by atoms with Crippen molar-refractivity contribution in [3.05, 3.63) is 70.7 Å². The molecule has 0 aliphatic heterocycles. The highest BCUT2D eigenvalue weighted by Gasteiger charge is 2.15. The van der Waals surface area contributed by atoms with Crippen LogP contribution in [0.1, 0.15) is 67.2 Å². The average Bonchev–Trinajstić information content (AvgIpc) is 2.70. The first-order chi connectivity index (χ1) is 13.3. The van der Waals surface area contributed by atoms with Gasteiger partial charge in [0.05, 0.1) is 0 Å². The molecule has 4 heteroatoms. The molecule has 0 heterocycles. The van der Waals surface area contributed by atoms with Gasteiger partial charge in [-0.2, -0.15) is 0 Å². The third-order valence-corrected chi connectivity index (χ3v) is 5.14. The first kappa shape index (κ1) is 24.1. The zero-order valence-electron chi connectivity index (χ0n) is 17.2. The smallest absolute Gasteiger partial charge is 0.160 e. The number of carbonyl (C=O) groups is 2. The van der Waals surface area contributed by atoms with Gasteiger partial charge in [-0.25, -0.2) is 0 Å². The summed E-state index contributed by atoms with van der Waals surface area (Å²) in [6.45, 7) is 6.17. The van der Waals surface area contributed by atoms with E-state index in [1.807, 2.05) is 30.3 Å². The van der Waals surface area contributed by atoms with Gasteiger partial charge in [0.15, 0.2) is 11.6 Å². The van der Waals surface area contributed by atoms with Crippen LogP contribution in [0.15, 0.2) is 54.6 Å². The fourth-order valence-corrected chi connectivity index (χ4v) is 3.22. The zero-order chi connectivity index (χ0) is 20.9. The summed E-state index contributed by atoms with van der Waals surface area (Å²) in [6.07, 6.45) is 5.55. The molecule has 0 bridgehead atoms. The van der Waals surface area contributed by atoms with E-state index in [1.165, 1.54) is 39.5 Å². The number of rotatable bonds is 3. The maximum atomic E-state index is 11.0. The normalized spacial score (nSPS) is 18.0. The third kappa shape index (κ3) is 9.29. The summed E-state index contributed by atoms with van der Waals surface area (Å²) in [7, 11) is 0. The summed E-state index contributed by atoms with van der Waals surface area (Å²) in [5.41, 5.74) is 6.56. The molecule has 3 rings (SSSR count). The van der Waals surface area contributed by atoms with E-state index >= 15 is 0 Å². The Kier molecular flexibility index (Phi) is 11.4. The third-order valence-electron chi connectivity index (χ3n) is 4.89. The van der Waals surface area contributed by atoms with Crippen LogP contribution in [0.3, 0.4) is 0 Å². The van der Waals surface area contributed by atoms with Gasteiger partial charge in [-0.05, 0) is 57.2 Å². The number of Topliss-reactive ketones (excluding diaryl/α,β-unsaturated/α-hetero) is 2. The molecule has 152 valence electrons. The Labute approximate surface area is 174 Å². The molecule has 1 aliphatic rings. The van der Waals surface area contributed by atoms with E-state index in [-0.39, 0.29) is 11.6 Å². The molecule has 0 aromatic heterocycles. The lowest BCUT2D eigenvalue weighted by atomic mass is 9.83. The van der Waals surface area contributed by atoms with Crippen LogP contribution in [0, 0.1) is 11.8 Å². The molecule has 28 heavy (non-hydrogen) atoms. The fourth-order valence-electron chi connectivity index (χ4n) is 3.08. The lowest BCUT2D eigenvalue weighted by Crippen LogP contribution is -2.20. The summed E-state index contributed by atoms with van der Waals surface area (Å²) in [4.78, 5) is 22.0. The van der Waals surface area contributed by atoms with E-state index in [0.29, 0.717) is 11.1 Å². The molecule has 1 aliphatic carbocycles. The van der Waals surface area contributed by atoms with Gasteiger partial charge in [-0.3, -0.25) is 9.59 Å². The molecular weight excluding hydrogens is 370 g/mol. The van der Waals surface area contributed by atoms with Gasteiger partial charge in [0.2, 0.25) is 0 Å². The molecule has 2 aromatic carbocycles. The van der Waals surface area contributed by atoms with Crippen molar-refractivity contribution in [3.8, 4) is 0 Å². The molecule has 1 fully saturated rings.